The van der Waals surface area contributed by atoms with Crippen LogP contribution >= 0.6 is 11.8 Å². The van der Waals surface area contributed by atoms with Crippen molar-refractivity contribution in [3.8, 4) is 0 Å². The van der Waals surface area contributed by atoms with Crippen molar-refractivity contribution in [2.45, 2.75) is 12.5 Å². The Balaban J connectivity index is 2.08. The summed E-state index contributed by atoms with van der Waals surface area (Å²) in [5, 5.41) is 1.05. The third kappa shape index (κ3) is 1.90. The summed E-state index contributed by atoms with van der Waals surface area (Å²) in [6.07, 6.45) is 3.09. The van der Waals surface area contributed by atoms with Crippen molar-refractivity contribution < 1.29 is 0 Å². The third-order valence-electron chi connectivity index (χ3n) is 3.62. The van der Waals surface area contributed by atoms with E-state index in [0.29, 0.717) is 6.04 Å². The lowest BCUT2D eigenvalue weighted by atomic mass is 10.1. The van der Waals surface area contributed by atoms with Gasteiger partial charge < -0.3 is 10.6 Å². The van der Waals surface area contributed by atoms with E-state index in [1.807, 2.05) is 36.2 Å². The maximum absolute atomic E-state index is 6.02. The third-order valence-corrected chi connectivity index (χ3v) is 4.76. The molecule has 2 heterocycles. The summed E-state index contributed by atoms with van der Waals surface area (Å²) in [4.78, 5) is 6.86. The minimum absolute atomic E-state index is 0.615. The van der Waals surface area contributed by atoms with Gasteiger partial charge in [0.15, 0.2) is 0 Å². The van der Waals surface area contributed by atoms with Crippen LogP contribution in [0.2, 0.25) is 0 Å². The first kappa shape index (κ1) is 11.7. The van der Waals surface area contributed by atoms with Crippen molar-refractivity contribution in [1.82, 2.24) is 4.98 Å². The Morgan fingerprint density at radius 2 is 2.28 bits per heavy atom. The van der Waals surface area contributed by atoms with Gasteiger partial charge in [-0.1, -0.05) is 0 Å². The Morgan fingerprint density at radius 3 is 3.06 bits per heavy atom. The number of fused-ring (bicyclic) bond motifs is 1. The van der Waals surface area contributed by atoms with Crippen molar-refractivity contribution in [1.29, 1.82) is 0 Å². The van der Waals surface area contributed by atoms with Crippen LogP contribution in [0.5, 0.6) is 0 Å². The van der Waals surface area contributed by atoms with Crippen molar-refractivity contribution in [2.75, 3.05) is 29.2 Å². The van der Waals surface area contributed by atoms with Crippen LogP contribution in [0, 0.1) is 0 Å². The standard InChI is InChI=1S/C14H17N3S/c1-17(10-6-8-18-9-10)13-5-4-12(15)11-3-2-7-16-14(11)13/h2-5,7,10H,6,8-9,15H2,1H3. The highest BCUT2D eigenvalue weighted by molar-refractivity contribution is 7.99. The van der Waals surface area contributed by atoms with Gasteiger partial charge in [-0.3, -0.25) is 4.98 Å². The molecule has 4 heteroatoms. The average molecular weight is 259 g/mol. The van der Waals surface area contributed by atoms with E-state index < -0.39 is 0 Å². The van der Waals surface area contributed by atoms with E-state index in [9.17, 15) is 0 Å². The van der Waals surface area contributed by atoms with E-state index in [0.717, 1.165) is 16.6 Å². The number of anilines is 2. The second-order valence-corrected chi connectivity index (χ2v) is 5.85. The molecule has 3 rings (SSSR count). The highest BCUT2D eigenvalue weighted by Crippen LogP contribution is 2.32. The zero-order valence-corrected chi connectivity index (χ0v) is 11.3. The first-order valence-electron chi connectivity index (χ1n) is 6.21. The molecule has 1 fully saturated rings. The molecule has 0 amide bonds. The van der Waals surface area contributed by atoms with Gasteiger partial charge in [0.05, 0.1) is 11.2 Å². The molecule has 1 aliphatic rings. The molecule has 1 atom stereocenters. The topological polar surface area (TPSA) is 42.1 Å². The van der Waals surface area contributed by atoms with Crippen LogP contribution in [0.1, 0.15) is 6.42 Å². The number of hydrogen-bond acceptors (Lipinski definition) is 4. The molecule has 2 aromatic rings. The SMILES string of the molecule is CN(c1ccc(N)c2cccnc12)C1CCSC1. The van der Waals surface area contributed by atoms with Gasteiger partial charge in [0.25, 0.3) is 0 Å². The zero-order chi connectivity index (χ0) is 12.5. The van der Waals surface area contributed by atoms with Gasteiger partial charge in [-0.15, -0.1) is 0 Å². The van der Waals surface area contributed by atoms with Crippen LogP contribution < -0.4 is 10.6 Å². The van der Waals surface area contributed by atoms with Gasteiger partial charge in [-0.05, 0) is 36.4 Å². The second kappa shape index (κ2) is 4.69. The molecule has 1 aliphatic heterocycles. The molecule has 3 nitrogen and oxygen atoms in total. The van der Waals surface area contributed by atoms with E-state index in [-0.39, 0.29) is 0 Å². The molecule has 0 radical (unpaired) electrons. The normalized spacial score (nSPS) is 19.3. The number of benzene rings is 1. The van der Waals surface area contributed by atoms with Crippen LogP contribution in [-0.4, -0.2) is 29.6 Å². The predicted molar refractivity (Wildman–Crippen MR) is 80.3 cm³/mol. The average Bonchev–Trinajstić information content (AvgIpc) is 2.93. The number of thioether (sulfide) groups is 1. The van der Waals surface area contributed by atoms with Crippen molar-refractivity contribution in [3.63, 3.8) is 0 Å². The Bertz CT molecular complexity index is 564. The summed E-state index contributed by atoms with van der Waals surface area (Å²) < 4.78 is 0. The quantitative estimate of drug-likeness (QED) is 0.842. The van der Waals surface area contributed by atoms with Crippen molar-refractivity contribution in [3.05, 3.63) is 30.5 Å². The smallest absolute Gasteiger partial charge is 0.0955 e. The molecular formula is C14H17N3S. The molecule has 2 N–H and O–H groups in total. The number of pyridine rings is 1. The van der Waals surface area contributed by atoms with Crippen LogP contribution in [-0.2, 0) is 0 Å². The fourth-order valence-corrected chi connectivity index (χ4v) is 3.76. The van der Waals surface area contributed by atoms with Crippen LogP contribution in [0.4, 0.5) is 11.4 Å². The summed E-state index contributed by atoms with van der Waals surface area (Å²) in [6.45, 7) is 0. The number of rotatable bonds is 2. The van der Waals surface area contributed by atoms with Gasteiger partial charge >= 0.3 is 0 Å². The van der Waals surface area contributed by atoms with Gasteiger partial charge in [-0.25, -0.2) is 0 Å². The maximum atomic E-state index is 6.02. The number of aromatic nitrogens is 1. The second-order valence-electron chi connectivity index (χ2n) is 4.70. The molecule has 1 aromatic carbocycles. The summed E-state index contributed by atoms with van der Waals surface area (Å²) in [5.41, 5.74) is 9.02. The predicted octanol–water partition coefficient (Wildman–Crippen LogP) is 2.76. The van der Waals surface area contributed by atoms with Gasteiger partial charge in [0, 0.05) is 36.1 Å². The minimum Gasteiger partial charge on any atom is -0.398 e. The van der Waals surface area contributed by atoms with E-state index in [1.54, 1.807) is 0 Å². The fourth-order valence-electron chi connectivity index (χ4n) is 2.49. The fraction of sp³-hybridized carbons (Fsp3) is 0.357. The first-order chi connectivity index (χ1) is 8.77. The lowest BCUT2D eigenvalue weighted by molar-refractivity contribution is 0.701. The first-order valence-corrected chi connectivity index (χ1v) is 7.36. The molecular weight excluding hydrogens is 242 g/mol. The van der Waals surface area contributed by atoms with Crippen molar-refractivity contribution in [2.24, 2.45) is 0 Å². The Morgan fingerprint density at radius 1 is 1.39 bits per heavy atom. The number of hydrogen-bond donors (Lipinski definition) is 1. The highest BCUT2D eigenvalue weighted by atomic mass is 32.2. The Labute approximate surface area is 111 Å². The highest BCUT2D eigenvalue weighted by Gasteiger charge is 2.22. The lowest BCUT2D eigenvalue weighted by Crippen LogP contribution is -2.31. The molecule has 0 aliphatic carbocycles. The number of nitrogens with two attached hydrogens (primary N) is 1. The minimum atomic E-state index is 0.615. The summed E-state index contributed by atoms with van der Waals surface area (Å²) in [7, 11) is 2.16. The lowest BCUT2D eigenvalue weighted by Gasteiger charge is -2.27. The van der Waals surface area contributed by atoms with Crippen LogP contribution in [0.15, 0.2) is 30.5 Å². The molecule has 0 saturated carbocycles. The van der Waals surface area contributed by atoms with Gasteiger partial charge in [0.2, 0.25) is 0 Å². The maximum Gasteiger partial charge on any atom is 0.0955 e. The molecule has 94 valence electrons. The van der Waals surface area contributed by atoms with E-state index in [2.05, 4.69) is 23.0 Å². The van der Waals surface area contributed by atoms with Gasteiger partial charge in [-0.2, -0.15) is 11.8 Å². The molecule has 0 spiro atoms. The molecule has 1 saturated heterocycles. The monoisotopic (exact) mass is 259 g/mol. The Kier molecular flexibility index (Phi) is 3.04. The summed E-state index contributed by atoms with van der Waals surface area (Å²) in [6, 6.07) is 8.67. The van der Waals surface area contributed by atoms with Crippen molar-refractivity contribution >= 4 is 34.0 Å². The number of nitrogens with zero attached hydrogens (tertiary/aromatic N) is 2. The summed E-state index contributed by atoms with van der Waals surface area (Å²) in [5.74, 6) is 2.46. The van der Waals surface area contributed by atoms with E-state index in [1.165, 1.54) is 23.6 Å². The van der Waals surface area contributed by atoms with Crippen LogP contribution in [0.25, 0.3) is 10.9 Å². The zero-order valence-electron chi connectivity index (χ0n) is 10.5. The molecule has 18 heavy (non-hydrogen) atoms. The van der Waals surface area contributed by atoms with Gasteiger partial charge in [0.1, 0.15) is 0 Å². The molecule has 0 bridgehead atoms. The van der Waals surface area contributed by atoms with Crippen LogP contribution in [0.3, 0.4) is 0 Å². The molecule has 1 unspecified atom stereocenters. The Hall–Kier alpha value is -1.42. The largest absolute Gasteiger partial charge is 0.398 e. The number of nitrogen functional groups attached to an aromatic ring is 1. The van der Waals surface area contributed by atoms with E-state index in [4.69, 9.17) is 5.73 Å². The molecule has 1 aromatic heterocycles. The summed E-state index contributed by atoms with van der Waals surface area (Å²) >= 11 is 2.03. The van der Waals surface area contributed by atoms with E-state index >= 15 is 0 Å².